The molecule has 0 spiro atoms. The number of fused-ring (bicyclic) bond motifs is 2. The van der Waals surface area contributed by atoms with Gasteiger partial charge < -0.3 is 0 Å². The summed E-state index contributed by atoms with van der Waals surface area (Å²) in [7, 11) is 0. The molecular formula is C44H28N4Sn. The van der Waals surface area contributed by atoms with Crippen LogP contribution in [0.3, 0.4) is 0 Å². The van der Waals surface area contributed by atoms with Crippen LogP contribution in [0.25, 0.3) is 22.3 Å². The second-order valence-electron chi connectivity index (χ2n) is 12.4. The monoisotopic (exact) mass is 732 g/mol. The van der Waals surface area contributed by atoms with E-state index in [1.165, 1.54) is 22.1 Å². The van der Waals surface area contributed by atoms with E-state index in [4.69, 9.17) is 9.98 Å². The Morgan fingerprint density at radius 1 is 0.347 bits per heavy atom. The molecule has 0 N–H and O–H groups in total. The van der Waals surface area contributed by atoms with Gasteiger partial charge in [-0.05, 0) is 0 Å². The second kappa shape index (κ2) is 11.5. The van der Waals surface area contributed by atoms with Gasteiger partial charge in [0.1, 0.15) is 0 Å². The molecule has 10 rings (SSSR count). The molecule has 0 fully saturated rings. The first-order valence-corrected chi connectivity index (χ1v) is 19.1. The van der Waals surface area contributed by atoms with Crippen LogP contribution < -0.4 is 10.7 Å². The summed E-state index contributed by atoms with van der Waals surface area (Å²) in [6.07, 6.45) is 8.81. The van der Waals surface area contributed by atoms with Gasteiger partial charge in [-0.3, -0.25) is 0 Å². The van der Waals surface area contributed by atoms with Crippen molar-refractivity contribution in [2.45, 2.75) is 0 Å². The summed E-state index contributed by atoms with van der Waals surface area (Å²) in [6.45, 7) is 0. The molecule has 6 heterocycles. The van der Waals surface area contributed by atoms with Gasteiger partial charge in [0.15, 0.2) is 0 Å². The van der Waals surface area contributed by atoms with Gasteiger partial charge in [-0.25, -0.2) is 0 Å². The van der Waals surface area contributed by atoms with Crippen LogP contribution in [-0.4, -0.2) is 38.7 Å². The predicted octanol–water partition coefficient (Wildman–Crippen LogP) is 7.19. The van der Waals surface area contributed by atoms with Gasteiger partial charge in [0.25, 0.3) is 0 Å². The molecule has 2 radical (unpaired) electrons. The standard InChI is InChI=1S/C44H28N4.Sn/c1-5-13-29(14-6-1)41-33-21-23-35(45-33)42(30-15-7-2-8-16-30)37-25-27-39(47-37)44(32-19-11-4-12-20-32)40-28-26-38(48-40)43(31-17-9-3-10-18-31)36-24-22-34(41)46-36;/h1-28H;/q-2;+2. The van der Waals surface area contributed by atoms with Gasteiger partial charge in [0.2, 0.25) is 0 Å². The number of benzene rings is 4. The van der Waals surface area contributed by atoms with Crippen molar-refractivity contribution < 1.29 is 0 Å². The minimum atomic E-state index is -1.70. The molecule has 4 aromatic carbocycles. The Kier molecular flexibility index (Phi) is 6.62. The van der Waals surface area contributed by atoms with Crippen molar-refractivity contribution in [3.05, 3.63) is 226 Å². The Bertz CT molecular complexity index is 2450. The van der Waals surface area contributed by atoms with E-state index in [1.54, 1.807) is 0 Å². The topological polar surface area (TPSA) is 34.6 Å². The van der Waals surface area contributed by atoms with Gasteiger partial charge >= 0.3 is 297 Å². The van der Waals surface area contributed by atoms with Gasteiger partial charge in [0, 0.05) is 0 Å². The Balaban J connectivity index is 1.43. The molecule has 0 unspecified atom stereocenters. The van der Waals surface area contributed by atoms with E-state index < -0.39 is 21.7 Å². The van der Waals surface area contributed by atoms with Crippen LogP contribution in [0.15, 0.2) is 191 Å². The molecule has 0 atom stereocenters. The number of aromatic nitrogens is 2. The summed E-state index contributed by atoms with van der Waals surface area (Å²) in [4.78, 5) is 10.9. The zero-order valence-corrected chi connectivity index (χ0v) is 29.3. The SMILES string of the molecule is C1=CC2=C(c3ccccc3)c3ccc4[n]3[Sn][n]3c(ccc3=C(c3ccccc3)C3=NC(=C4c4ccccc4)C=C3)=C(c3ccccc3)C1=N2. The van der Waals surface area contributed by atoms with Crippen molar-refractivity contribution in [3.8, 4) is 0 Å². The fraction of sp³-hybridized carbons (Fsp3) is 0. The third-order valence-corrected chi connectivity index (χ3v) is 13.4. The summed E-state index contributed by atoms with van der Waals surface area (Å²) in [5.41, 5.74) is 15.5. The average Bonchev–Trinajstić information content (AvgIpc) is 3.98. The van der Waals surface area contributed by atoms with Crippen molar-refractivity contribution >= 4 is 55.4 Å². The van der Waals surface area contributed by atoms with Crippen LogP contribution in [-0.2, 0) is 0 Å². The van der Waals surface area contributed by atoms with Crippen molar-refractivity contribution in [3.63, 3.8) is 0 Å². The van der Waals surface area contributed by atoms with Crippen LogP contribution in [0.5, 0.6) is 0 Å². The number of aliphatic imine (C=N–C) groups is 2. The Labute approximate surface area is 295 Å². The Morgan fingerprint density at radius 3 is 1.10 bits per heavy atom. The van der Waals surface area contributed by atoms with Crippen LogP contribution in [0.1, 0.15) is 33.6 Å². The second-order valence-corrected chi connectivity index (χ2v) is 15.5. The third kappa shape index (κ3) is 4.59. The molecule has 6 aromatic rings. The summed E-state index contributed by atoms with van der Waals surface area (Å²) in [5.74, 6) is 0. The van der Waals surface area contributed by atoms with E-state index in [9.17, 15) is 0 Å². The Morgan fingerprint density at radius 2 is 0.714 bits per heavy atom. The van der Waals surface area contributed by atoms with Crippen molar-refractivity contribution in [2.24, 2.45) is 9.98 Å². The zero-order chi connectivity index (χ0) is 32.3. The zero-order valence-electron chi connectivity index (χ0n) is 26.5. The molecule has 5 heteroatoms. The number of hydrogen-bond acceptors (Lipinski definition) is 2. The molecule has 0 saturated carbocycles. The molecule has 0 amide bonds. The van der Waals surface area contributed by atoms with Crippen LogP contribution in [0, 0.1) is 0 Å². The van der Waals surface area contributed by atoms with Crippen LogP contribution in [0.2, 0.25) is 0 Å². The maximum atomic E-state index is 5.45. The third-order valence-electron chi connectivity index (χ3n) is 9.54. The average molecular weight is 731 g/mol. The van der Waals surface area contributed by atoms with E-state index in [0.717, 1.165) is 67.4 Å². The molecule has 6 bridgehead atoms. The summed E-state index contributed by atoms with van der Waals surface area (Å²) in [6, 6.07) is 52.3. The van der Waals surface area contributed by atoms with Crippen LogP contribution >= 0.6 is 0 Å². The molecule has 4 nitrogen and oxygen atoms in total. The van der Waals surface area contributed by atoms with Gasteiger partial charge in [-0.15, -0.1) is 0 Å². The number of rotatable bonds is 4. The maximum absolute atomic E-state index is 5.45. The van der Waals surface area contributed by atoms with Crippen molar-refractivity contribution in [1.29, 1.82) is 0 Å². The number of nitrogens with zero attached hydrogens (tertiary/aromatic N) is 4. The quantitative estimate of drug-likeness (QED) is 0.172. The van der Waals surface area contributed by atoms with Crippen molar-refractivity contribution in [2.75, 3.05) is 0 Å². The number of allylic oxidation sites excluding steroid dienone is 4. The van der Waals surface area contributed by atoms with E-state index in [0.29, 0.717) is 0 Å². The van der Waals surface area contributed by atoms with E-state index >= 15 is 0 Å². The van der Waals surface area contributed by atoms with E-state index in [2.05, 4.69) is 175 Å². The predicted molar refractivity (Wildman–Crippen MR) is 201 cm³/mol. The molecule has 2 aromatic heterocycles. The molecule has 0 saturated heterocycles. The summed E-state index contributed by atoms with van der Waals surface area (Å²) in [5, 5.41) is 2.38. The molecule has 4 aliphatic rings. The normalized spacial score (nSPS) is 15.9. The molecular weight excluding hydrogens is 703 g/mol. The van der Waals surface area contributed by atoms with Crippen LogP contribution in [0.4, 0.5) is 0 Å². The molecule has 49 heavy (non-hydrogen) atoms. The molecule has 0 aliphatic carbocycles. The molecule has 4 aliphatic heterocycles. The fourth-order valence-electron chi connectivity index (χ4n) is 7.38. The van der Waals surface area contributed by atoms with Gasteiger partial charge in [-0.2, -0.15) is 0 Å². The first-order valence-electron chi connectivity index (χ1n) is 16.5. The fourth-order valence-corrected chi connectivity index (χ4v) is 11.3. The first kappa shape index (κ1) is 28.3. The molecule has 228 valence electrons. The minimum absolute atomic E-state index is 0.985. The number of hydrogen-bond donors (Lipinski definition) is 0. The summed E-state index contributed by atoms with van der Waals surface area (Å²) >= 11 is -1.70. The van der Waals surface area contributed by atoms with Gasteiger partial charge in [-0.1, -0.05) is 0 Å². The first-order chi connectivity index (χ1) is 24.3. The van der Waals surface area contributed by atoms with Crippen molar-refractivity contribution in [1.82, 2.24) is 5.58 Å². The van der Waals surface area contributed by atoms with E-state index in [1.807, 2.05) is 0 Å². The van der Waals surface area contributed by atoms with E-state index in [-0.39, 0.29) is 0 Å². The van der Waals surface area contributed by atoms with Gasteiger partial charge in [0.05, 0.1) is 0 Å². The summed E-state index contributed by atoms with van der Waals surface area (Å²) < 4.78 is 5.29. The Hall–Kier alpha value is -5.72.